The Morgan fingerprint density at radius 1 is 1.53 bits per heavy atom. The van der Waals surface area contributed by atoms with Gasteiger partial charge < -0.3 is 10.8 Å². The lowest BCUT2D eigenvalue weighted by molar-refractivity contribution is -0.208. The second-order valence-electron chi connectivity index (χ2n) is 4.66. The maximum absolute atomic E-state index is 12.4. The van der Waals surface area contributed by atoms with Gasteiger partial charge in [0, 0.05) is 13.6 Å². The Kier molecular flexibility index (Phi) is 3.68. The summed E-state index contributed by atoms with van der Waals surface area (Å²) in [5.41, 5.74) is 5.57. The number of hydrogen-bond donors (Lipinski definition) is 2. The molecule has 1 fully saturated rings. The topological polar surface area (TPSA) is 80.2 Å². The number of hydrogen-bond acceptors (Lipinski definition) is 5. The fourth-order valence-corrected chi connectivity index (χ4v) is 2.22. The van der Waals surface area contributed by atoms with Gasteiger partial charge in [-0.25, -0.2) is 4.68 Å². The van der Waals surface area contributed by atoms with E-state index in [9.17, 15) is 13.2 Å². The first kappa shape index (κ1) is 14.1. The summed E-state index contributed by atoms with van der Waals surface area (Å²) in [5, 5.41) is 13.2. The van der Waals surface area contributed by atoms with E-state index in [1.165, 1.54) is 4.68 Å². The number of halogens is 3. The van der Waals surface area contributed by atoms with Crippen LogP contribution in [0.1, 0.15) is 24.7 Å². The van der Waals surface area contributed by atoms with Crippen molar-refractivity contribution in [2.24, 2.45) is 7.05 Å². The number of nitrogens with two attached hydrogens (primary N) is 1. The monoisotopic (exact) mass is 279 g/mol. The number of aliphatic hydroxyl groups excluding tert-OH is 1. The van der Waals surface area contributed by atoms with Gasteiger partial charge in [0.15, 0.2) is 11.9 Å². The molecule has 0 amide bonds. The summed E-state index contributed by atoms with van der Waals surface area (Å²) in [4.78, 5) is 5.59. The maximum atomic E-state index is 12.4. The minimum Gasteiger partial charge on any atom is -0.382 e. The number of anilines is 1. The molecule has 1 aliphatic rings. The molecule has 0 aromatic carbocycles. The van der Waals surface area contributed by atoms with Gasteiger partial charge in [0.25, 0.3) is 0 Å². The molecule has 6 nitrogen and oxygen atoms in total. The normalized spacial score (nSPS) is 22.9. The van der Waals surface area contributed by atoms with Crippen molar-refractivity contribution in [1.82, 2.24) is 19.7 Å². The second kappa shape index (κ2) is 4.97. The van der Waals surface area contributed by atoms with E-state index in [1.54, 1.807) is 11.9 Å². The molecule has 0 saturated carbocycles. The van der Waals surface area contributed by atoms with E-state index in [-0.39, 0.29) is 12.0 Å². The van der Waals surface area contributed by atoms with E-state index in [0.29, 0.717) is 18.8 Å². The van der Waals surface area contributed by atoms with Gasteiger partial charge in [-0.05, 0) is 19.4 Å². The second-order valence-corrected chi connectivity index (χ2v) is 4.66. The molecule has 2 rings (SSSR count). The zero-order chi connectivity index (χ0) is 14.2. The number of nitrogen functional groups attached to an aromatic ring is 1. The molecule has 2 atom stereocenters. The SMILES string of the molecule is Cn1nc(C2CCCN2CC(O)C(F)(F)F)nc1N. The van der Waals surface area contributed by atoms with Gasteiger partial charge in [-0.3, -0.25) is 4.90 Å². The van der Waals surface area contributed by atoms with Crippen LogP contribution in [0.25, 0.3) is 0 Å². The van der Waals surface area contributed by atoms with Crippen molar-refractivity contribution < 1.29 is 18.3 Å². The lowest BCUT2D eigenvalue weighted by atomic mass is 10.2. The van der Waals surface area contributed by atoms with Crippen molar-refractivity contribution in [1.29, 1.82) is 0 Å². The molecule has 2 heterocycles. The van der Waals surface area contributed by atoms with Crippen LogP contribution >= 0.6 is 0 Å². The average Bonchev–Trinajstić information content (AvgIpc) is 2.85. The highest BCUT2D eigenvalue weighted by atomic mass is 19.4. The Bertz CT molecular complexity index is 427. The molecule has 1 saturated heterocycles. The Balaban J connectivity index is 2.09. The first-order chi connectivity index (χ1) is 8.79. The summed E-state index contributed by atoms with van der Waals surface area (Å²) < 4.78 is 38.5. The lowest BCUT2D eigenvalue weighted by Gasteiger charge is -2.25. The predicted molar refractivity (Wildman–Crippen MR) is 61.0 cm³/mol. The van der Waals surface area contributed by atoms with Crippen LogP contribution < -0.4 is 5.73 Å². The molecule has 2 unspecified atom stereocenters. The van der Waals surface area contributed by atoms with Gasteiger partial charge in [0.05, 0.1) is 6.04 Å². The summed E-state index contributed by atoms with van der Waals surface area (Å²) in [5.74, 6) is 0.630. The largest absolute Gasteiger partial charge is 0.415 e. The van der Waals surface area contributed by atoms with Crippen LogP contribution in [0.15, 0.2) is 0 Å². The maximum Gasteiger partial charge on any atom is 0.415 e. The molecule has 19 heavy (non-hydrogen) atoms. The van der Waals surface area contributed by atoms with E-state index < -0.39 is 18.8 Å². The number of alkyl halides is 3. The van der Waals surface area contributed by atoms with Crippen molar-refractivity contribution in [3.05, 3.63) is 5.82 Å². The first-order valence-corrected chi connectivity index (χ1v) is 5.94. The van der Waals surface area contributed by atoms with E-state index in [0.717, 1.165) is 6.42 Å². The fraction of sp³-hybridized carbons (Fsp3) is 0.800. The van der Waals surface area contributed by atoms with Crippen LogP contribution in [0, 0.1) is 0 Å². The third kappa shape index (κ3) is 2.98. The van der Waals surface area contributed by atoms with Crippen LogP contribution in [0.5, 0.6) is 0 Å². The number of aromatic nitrogens is 3. The Morgan fingerprint density at radius 2 is 2.21 bits per heavy atom. The molecule has 0 radical (unpaired) electrons. The standard InChI is InChI=1S/C10H16F3N5O/c1-17-9(14)15-8(16-17)6-3-2-4-18(6)5-7(19)10(11,12)13/h6-7,19H,2-5H2,1H3,(H2,14,15,16). The highest BCUT2D eigenvalue weighted by molar-refractivity contribution is 5.17. The van der Waals surface area contributed by atoms with Crippen molar-refractivity contribution in [2.45, 2.75) is 31.2 Å². The molecule has 0 bridgehead atoms. The summed E-state index contributed by atoms with van der Waals surface area (Å²) in [6, 6.07) is -0.319. The number of aliphatic hydroxyl groups is 1. The number of nitrogens with zero attached hydrogens (tertiary/aromatic N) is 4. The minimum absolute atomic E-state index is 0.221. The molecule has 1 aromatic heterocycles. The molecule has 9 heteroatoms. The van der Waals surface area contributed by atoms with E-state index in [1.807, 2.05) is 0 Å². The van der Waals surface area contributed by atoms with E-state index >= 15 is 0 Å². The first-order valence-electron chi connectivity index (χ1n) is 5.94. The van der Waals surface area contributed by atoms with Gasteiger partial charge >= 0.3 is 6.18 Å². The number of aryl methyl sites for hydroxylation is 1. The van der Waals surface area contributed by atoms with Gasteiger partial charge in [0.1, 0.15) is 0 Å². The highest BCUT2D eigenvalue weighted by Crippen LogP contribution is 2.32. The third-order valence-electron chi connectivity index (χ3n) is 3.26. The molecule has 0 aliphatic carbocycles. The highest BCUT2D eigenvalue weighted by Gasteiger charge is 2.41. The van der Waals surface area contributed by atoms with Gasteiger partial charge in [-0.2, -0.15) is 23.3 Å². The smallest absolute Gasteiger partial charge is 0.382 e. The summed E-state index contributed by atoms with van der Waals surface area (Å²) in [7, 11) is 1.62. The van der Waals surface area contributed by atoms with Crippen LogP contribution in [-0.2, 0) is 7.05 Å². The van der Waals surface area contributed by atoms with Gasteiger partial charge in [-0.1, -0.05) is 0 Å². The lowest BCUT2D eigenvalue weighted by Crippen LogP contribution is -2.40. The summed E-state index contributed by atoms with van der Waals surface area (Å²) >= 11 is 0. The summed E-state index contributed by atoms with van der Waals surface area (Å²) in [6.07, 6.45) is -5.56. The van der Waals surface area contributed by atoms with Crippen molar-refractivity contribution in [2.75, 3.05) is 18.8 Å². The molecule has 108 valence electrons. The number of likely N-dealkylation sites (tertiary alicyclic amines) is 1. The van der Waals surface area contributed by atoms with Crippen LogP contribution in [0.2, 0.25) is 0 Å². The van der Waals surface area contributed by atoms with Crippen LogP contribution in [0.3, 0.4) is 0 Å². The van der Waals surface area contributed by atoms with Crippen molar-refractivity contribution in [3.8, 4) is 0 Å². The Hall–Kier alpha value is -1.35. The van der Waals surface area contributed by atoms with Crippen molar-refractivity contribution in [3.63, 3.8) is 0 Å². The Morgan fingerprint density at radius 3 is 2.74 bits per heavy atom. The van der Waals surface area contributed by atoms with Crippen molar-refractivity contribution >= 4 is 5.95 Å². The Labute approximate surface area is 108 Å². The number of β-amino-alcohol motifs (C(OH)–C–C–N with tert-alkyl or cyclic N) is 1. The predicted octanol–water partition coefficient (Wildman–Crippen LogP) is 0.457. The minimum atomic E-state index is -4.61. The summed E-state index contributed by atoms with van der Waals surface area (Å²) in [6.45, 7) is 0.0162. The zero-order valence-corrected chi connectivity index (χ0v) is 10.4. The molecule has 3 N–H and O–H groups in total. The molecular formula is C10H16F3N5O. The van der Waals surface area contributed by atoms with E-state index in [2.05, 4.69) is 10.1 Å². The van der Waals surface area contributed by atoms with Gasteiger partial charge in [-0.15, -0.1) is 0 Å². The van der Waals surface area contributed by atoms with Crippen LogP contribution in [0.4, 0.5) is 19.1 Å². The molecular weight excluding hydrogens is 263 g/mol. The molecule has 1 aliphatic heterocycles. The quantitative estimate of drug-likeness (QED) is 0.840. The molecule has 1 aromatic rings. The zero-order valence-electron chi connectivity index (χ0n) is 10.4. The van der Waals surface area contributed by atoms with Gasteiger partial charge in [0.2, 0.25) is 5.95 Å². The third-order valence-corrected chi connectivity index (χ3v) is 3.26. The fourth-order valence-electron chi connectivity index (χ4n) is 2.22. The van der Waals surface area contributed by atoms with E-state index in [4.69, 9.17) is 10.8 Å². The average molecular weight is 279 g/mol. The molecule has 0 spiro atoms. The van der Waals surface area contributed by atoms with Crippen LogP contribution in [-0.4, -0.2) is 50.1 Å². The number of rotatable bonds is 3.